The van der Waals surface area contributed by atoms with Crippen LogP contribution in [0.5, 0.6) is 0 Å². The van der Waals surface area contributed by atoms with Crippen LogP contribution in [0.1, 0.15) is 15.9 Å². The summed E-state index contributed by atoms with van der Waals surface area (Å²) in [6, 6.07) is 6.81. The second-order valence-electron chi connectivity index (χ2n) is 6.41. The molecule has 1 unspecified atom stereocenters. The van der Waals surface area contributed by atoms with Gasteiger partial charge in [-0.15, -0.1) is 0 Å². The van der Waals surface area contributed by atoms with Crippen molar-refractivity contribution in [2.75, 3.05) is 24.3 Å². The Morgan fingerprint density at radius 1 is 1.10 bits per heavy atom. The maximum Gasteiger partial charge on any atom is 0.258 e. The smallest absolute Gasteiger partial charge is 0.258 e. The lowest BCUT2D eigenvalue weighted by Gasteiger charge is -2.16. The second-order valence-corrected chi connectivity index (χ2v) is 7.78. The topological polar surface area (TPSA) is 75.2 Å². The van der Waals surface area contributed by atoms with E-state index in [4.69, 9.17) is 0 Å². The second kappa shape index (κ2) is 9.04. The van der Waals surface area contributed by atoms with Crippen LogP contribution in [0.4, 0.5) is 24.5 Å². The van der Waals surface area contributed by atoms with Crippen molar-refractivity contribution in [2.45, 2.75) is 10.8 Å². The van der Waals surface area contributed by atoms with Crippen LogP contribution in [-0.4, -0.2) is 34.2 Å². The van der Waals surface area contributed by atoms with Crippen molar-refractivity contribution in [1.82, 2.24) is 9.97 Å². The van der Waals surface area contributed by atoms with Gasteiger partial charge < -0.3 is 10.2 Å². The number of nitrogens with one attached hydrogen (secondary N) is 1. The highest BCUT2D eigenvalue weighted by Gasteiger charge is 2.24. The molecule has 0 bridgehead atoms. The fourth-order valence-electron chi connectivity index (χ4n) is 2.66. The number of benzene rings is 1. The average Bonchev–Trinajstić information content (AvgIpc) is 2.74. The van der Waals surface area contributed by atoms with E-state index >= 15 is 0 Å². The zero-order valence-electron chi connectivity index (χ0n) is 16.0. The van der Waals surface area contributed by atoms with Gasteiger partial charge in [-0.1, -0.05) is 0 Å². The molecule has 0 radical (unpaired) electrons. The largest absolute Gasteiger partial charge is 0.375 e. The van der Waals surface area contributed by atoms with Crippen LogP contribution < -0.4 is 10.2 Å². The zero-order valence-corrected chi connectivity index (χ0v) is 16.8. The van der Waals surface area contributed by atoms with E-state index in [0.29, 0.717) is 5.69 Å². The standard InChI is InChI=1S/C20H17F3N4O2S/c1-27(2)16-10-15(21)14(17(22)18(16)23)11-30(29)20-13(4-3-7-25-20)19(28)26-12-5-8-24-9-6-12/h3-10H,11H2,1-2H3,(H,24,26,28). The number of carbonyl (C=O) groups is 1. The van der Waals surface area contributed by atoms with Crippen LogP contribution in [0.15, 0.2) is 53.9 Å². The normalized spacial score (nSPS) is 11.8. The van der Waals surface area contributed by atoms with E-state index in [0.717, 1.165) is 6.07 Å². The fraction of sp³-hybridized carbons (Fsp3) is 0.150. The molecule has 6 nitrogen and oxygen atoms in total. The Morgan fingerprint density at radius 2 is 1.80 bits per heavy atom. The first-order valence-corrected chi connectivity index (χ1v) is 10.00. The lowest BCUT2D eigenvalue weighted by molar-refractivity contribution is 0.102. The van der Waals surface area contributed by atoms with Crippen LogP contribution in [0.3, 0.4) is 0 Å². The van der Waals surface area contributed by atoms with Gasteiger partial charge in [0.25, 0.3) is 5.91 Å². The summed E-state index contributed by atoms with van der Waals surface area (Å²) in [6.07, 6.45) is 4.27. The molecule has 0 aliphatic rings. The molecule has 30 heavy (non-hydrogen) atoms. The van der Waals surface area contributed by atoms with Gasteiger partial charge in [-0.2, -0.15) is 0 Å². The first kappa shape index (κ1) is 21.4. The number of pyridine rings is 2. The number of nitrogens with zero attached hydrogens (tertiary/aromatic N) is 3. The highest BCUT2D eigenvalue weighted by Crippen LogP contribution is 2.28. The summed E-state index contributed by atoms with van der Waals surface area (Å²) >= 11 is 0. The van der Waals surface area contributed by atoms with Crippen LogP contribution >= 0.6 is 0 Å². The fourth-order valence-corrected chi connectivity index (χ4v) is 3.90. The number of hydrogen-bond donors (Lipinski definition) is 1. The Kier molecular flexibility index (Phi) is 6.46. The van der Waals surface area contributed by atoms with E-state index in [1.165, 1.54) is 49.7 Å². The molecular formula is C20H17F3N4O2S. The molecule has 0 aliphatic heterocycles. The Hall–Kier alpha value is -3.27. The van der Waals surface area contributed by atoms with Crippen molar-refractivity contribution in [2.24, 2.45) is 0 Å². The molecule has 2 aromatic heterocycles. The molecule has 3 rings (SSSR count). The maximum absolute atomic E-state index is 14.4. The van der Waals surface area contributed by atoms with E-state index in [-0.39, 0.29) is 16.3 Å². The molecule has 1 atom stereocenters. The third kappa shape index (κ3) is 4.48. The highest BCUT2D eigenvalue weighted by atomic mass is 32.2. The minimum atomic E-state index is -2.12. The SMILES string of the molecule is CN(C)c1cc(F)c(CS(=O)c2ncccc2C(=O)Nc2ccncc2)c(F)c1F. The molecule has 0 saturated heterocycles. The molecule has 1 N–H and O–H groups in total. The number of aromatic nitrogens is 2. The Balaban J connectivity index is 1.90. The Labute approximate surface area is 173 Å². The van der Waals surface area contributed by atoms with E-state index < -0.39 is 45.5 Å². The molecule has 3 aromatic rings. The van der Waals surface area contributed by atoms with Crippen LogP contribution in [0.25, 0.3) is 0 Å². The molecule has 0 fully saturated rings. The number of rotatable bonds is 6. The third-order valence-corrected chi connectivity index (χ3v) is 5.47. The minimum Gasteiger partial charge on any atom is -0.375 e. The van der Waals surface area contributed by atoms with Gasteiger partial charge in [0.15, 0.2) is 11.6 Å². The van der Waals surface area contributed by atoms with E-state index in [1.54, 1.807) is 12.1 Å². The van der Waals surface area contributed by atoms with Crippen molar-refractivity contribution in [3.63, 3.8) is 0 Å². The number of halogens is 3. The van der Waals surface area contributed by atoms with Gasteiger partial charge in [-0.05, 0) is 24.3 Å². The van der Waals surface area contributed by atoms with Gasteiger partial charge in [-0.3, -0.25) is 14.0 Å². The van der Waals surface area contributed by atoms with E-state index in [2.05, 4.69) is 15.3 Å². The summed E-state index contributed by atoms with van der Waals surface area (Å²) in [7, 11) is 0.767. The lowest BCUT2D eigenvalue weighted by atomic mass is 10.2. The molecule has 156 valence electrons. The van der Waals surface area contributed by atoms with Gasteiger partial charge in [-0.25, -0.2) is 18.2 Å². The average molecular weight is 434 g/mol. The van der Waals surface area contributed by atoms with Crippen molar-refractivity contribution in [1.29, 1.82) is 0 Å². The predicted octanol–water partition coefficient (Wildman–Crippen LogP) is 3.52. The van der Waals surface area contributed by atoms with Gasteiger partial charge in [0.05, 0.1) is 27.8 Å². The summed E-state index contributed by atoms with van der Waals surface area (Å²) in [4.78, 5) is 21.6. The summed E-state index contributed by atoms with van der Waals surface area (Å²) in [6.45, 7) is 0. The van der Waals surface area contributed by atoms with Gasteiger partial charge in [0.1, 0.15) is 10.8 Å². The van der Waals surface area contributed by atoms with E-state index in [1.807, 2.05) is 0 Å². The summed E-state index contributed by atoms with van der Waals surface area (Å²) in [5, 5.41) is 2.44. The minimum absolute atomic E-state index is 0.0288. The summed E-state index contributed by atoms with van der Waals surface area (Å²) in [5.41, 5.74) is -0.523. The maximum atomic E-state index is 14.4. The molecule has 2 heterocycles. The number of carbonyl (C=O) groups excluding carboxylic acids is 1. The van der Waals surface area contributed by atoms with Crippen molar-refractivity contribution in [3.8, 4) is 0 Å². The highest BCUT2D eigenvalue weighted by molar-refractivity contribution is 7.84. The predicted molar refractivity (Wildman–Crippen MR) is 107 cm³/mol. The molecular weight excluding hydrogens is 417 g/mol. The third-order valence-electron chi connectivity index (χ3n) is 4.16. The Bertz CT molecular complexity index is 1110. The monoisotopic (exact) mass is 434 g/mol. The van der Waals surface area contributed by atoms with Crippen molar-refractivity contribution in [3.05, 3.63) is 77.5 Å². The van der Waals surface area contributed by atoms with Crippen LogP contribution in [-0.2, 0) is 16.6 Å². The molecule has 1 aromatic carbocycles. The van der Waals surface area contributed by atoms with Crippen LogP contribution in [0.2, 0.25) is 0 Å². The van der Waals surface area contributed by atoms with Gasteiger partial charge in [0, 0.05) is 50.0 Å². The first-order valence-electron chi connectivity index (χ1n) is 8.68. The van der Waals surface area contributed by atoms with Crippen molar-refractivity contribution >= 4 is 28.1 Å². The van der Waals surface area contributed by atoms with Crippen LogP contribution in [0, 0.1) is 17.5 Å². The molecule has 0 saturated carbocycles. The molecule has 10 heteroatoms. The number of anilines is 2. The van der Waals surface area contributed by atoms with Crippen molar-refractivity contribution < 1.29 is 22.2 Å². The van der Waals surface area contributed by atoms with Gasteiger partial charge in [0.2, 0.25) is 0 Å². The number of amides is 1. The lowest BCUT2D eigenvalue weighted by Crippen LogP contribution is -2.17. The number of hydrogen-bond acceptors (Lipinski definition) is 5. The van der Waals surface area contributed by atoms with Gasteiger partial charge >= 0.3 is 0 Å². The Morgan fingerprint density at radius 3 is 2.47 bits per heavy atom. The zero-order chi connectivity index (χ0) is 21.8. The van der Waals surface area contributed by atoms with E-state index in [9.17, 15) is 22.2 Å². The molecule has 0 aliphatic carbocycles. The summed E-state index contributed by atoms with van der Waals surface area (Å²) in [5.74, 6) is -5.00. The summed E-state index contributed by atoms with van der Waals surface area (Å²) < 4.78 is 55.9. The molecule has 1 amide bonds. The quantitative estimate of drug-likeness (QED) is 0.601. The molecule has 0 spiro atoms. The first-order chi connectivity index (χ1) is 14.3.